The lowest BCUT2D eigenvalue weighted by Crippen LogP contribution is -2.39. The van der Waals surface area contributed by atoms with Crippen LogP contribution in [0.4, 0.5) is 0 Å². The number of carbonyl (C=O) groups excluding carboxylic acids is 2. The first-order chi connectivity index (χ1) is 14.0. The third kappa shape index (κ3) is 6.93. The van der Waals surface area contributed by atoms with Gasteiger partial charge >= 0.3 is 0 Å². The number of benzene rings is 1. The maximum atomic E-state index is 12.2. The molecule has 2 rings (SSSR count). The monoisotopic (exact) mass is 406 g/mol. The van der Waals surface area contributed by atoms with Crippen LogP contribution in [0.2, 0.25) is 0 Å². The number of fused-ring (bicyclic) bond motifs is 1. The fourth-order valence-corrected chi connectivity index (χ4v) is 3.12. The van der Waals surface area contributed by atoms with Gasteiger partial charge < -0.3 is 30.4 Å². The third-order valence-electron chi connectivity index (χ3n) is 4.88. The molecule has 0 radical (unpaired) electrons. The average molecular weight is 406 g/mol. The lowest BCUT2D eigenvalue weighted by Gasteiger charge is -2.31. The molecule has 0 aliphatic heterocycles. The van der Waals surface area contributed by atoms with E-state index in [1.807, 2.05) is 12.1 Å². The van der Waals surface area contributed by atoms with Crippen LogP contribution < -0.4 is 11.5 Å². The largest absolute Gasteiger partial charge is 0.382 e. The summed E-state index contributed by atoms with van der Waals surface area (Å²) in [5, 5.41) is 0. The summed E-state index contributed by atoms with van der Waals surface area (Å²) in [7, 11) is 1.63. The number of methoxy groups -OCH3 is 1. The Balaban J connectivity index is 1.75. The zero-order valence-corrected chi connectivity index (χ0v) is 16.9. The molecular weight excluding hydrogens is 376 g/mol. The molecule has 0 spiro atoms. The molecule has 1 unspecified atom stereocenters. The summed E-state index contributed by atoms with van der Waals surface area (Å²) in [6, 6.07) is 5.21. The molecule has 0 fully saturated rings. The Morgan fingerprint density at radius 2 is 1.59 bits per heavy atom. The van der Waals surface area contributed by atoms with E-state index in [1.165, 1.54) is 0 Å². The van der Waals surface area contributed by atoms with Crippen molar-refractivity contribution in [3.05, 3.63) is 41.0 Å². The Hall–Kier alpha value is -2.26. The zero-order valence-electron chi connectivity index (χ0n) is 16.9. The van der Waals surface area contributed by atoms with Gasteiger partial charge in [-0.05, 0) is 36.1 Å². The molecular formula is C21H30N2O6. The molecule has 29 heavy (non-hydrogen) atoms. The van der Waals surface area contributed by atoms with Crippen molar-refractivity contribution in [1.29, 1.82) is 0 Å². The summed E-state index contributed by atoms with van der Waals surface area (Å²) in [4.78, 5) is 23.5. The smallest absolute Gasteiger partial charge is 0.248 e. The van der Waals surface area contributed by atoms with Crippen LogP contribution in [-0.4, -0.2) is 65.2 Å². The van der Waals surface area contributed by atoms with Crippen molar-refractivity contribution >= 4 is 17.9 Å². The molecule has 8 nitrogen and oxygen atoms in total. The Morgan fingerprint density at radius 1 is 0.966 bits per heavy atom. The topological polar surface area (TPSA) is 123 Å². The Labute approximate surface area is 171 Å². The van der Waals surface area contributed by atoms with Gasteiger partial charge in [0.15, 0.2) is 0 Å². The number of amides is 2. The molecule has 160 valence electrons. The Morgan fingerprint density at radius 3 is 2.17 bits per heavy atom. The average Bonchev–Trinajstić information content (AvgIpc) is 2.71. The highest BCUT2D eigenvalue weighted by Crippen LogP contribution is 2.36. The summed E-state index contributed by atoms with van der Waals surface area (Å²) in [5.41, 5.74) is 12.5. The van der Waals surface area contributed by atoms with Gasteiger partial charge in [0.05, 0.1) is 45.1 Å². The fourth-order valence-electron chi connectivity index (χ4n) is 3.12. The van der Waals surface area contributed by atoms with Crippen LogP contribution in [0.15, 0.2) is 24.3 Å². The van der Waals surface area contributed by atoms with Crippen LogP contribution in [-0.2, 0) is 30.2 Å². The number of hydrogen-bond donors (Lipinski definition) is 2. The van der Waals surface area contributed by atoms with Gasteiger partial charge in [-0.15, -0.1) is 0 Å². The zero-order chi connectivity index (χ0) is 21.1. The summed E-state index contributed by atoms with van der Waals surface area (Å²) in [5.74, 6) is -0.878. The Bertz CT molecular complexity index is 721. The fraction of sp³-hybridized carbons (Fsp3) is 0.524. The van der Waals surface area contributed by atoms with Crippen LogP contribution >= 0.6 is 0 Å². The van der Waals surface area contributed by atoms with Crippen LogP contribution in [0.25, 0.3) is 6.08 Å². The highest BCUT2D eigenvalue weighted by molar-refractivity contribution is 5.94. The van der Waals surface area contributed by atoms with Crippen LogP contribution in [0.5, 0.6) is 0 Å². The second kappa shape index (κ2) is 11.7. The first-order valence-electron chi connectivity index (χ1n) is 9.62. The minimum Gasteiger partial charge on any atom is -0.382 e. The van der Waals surface area contributed by atoms with Gasteiger partial charge in [-0.25, -0.2) is 0 Å². The third-order valence-corrected chi connectivity index (χ3v) is 4.88. The van der Waals surface area contributed by atoms with Gasteiger partial charge in [-0.2, -0.15) is 0 Å². The van der Waals surface area contributed by atoms with Crippen molar-refractivity contribution in [3.63, 3.8) is 0 Å². The normalized spacial score (nSPS) is 17.8. The van der Waals surface area contributed by atoms with E-state index < -0.39 is 17.2 Å². The molecule has 0 saturated carbocycles. The van der Waals surface area contributed by atoms with Crippen molar-refractivity contribution in [2.24, 2.45) is 16.9 Å². The number of ether oxygens (including phenoxy) is 4. The van der Waals surface area contributed by atoms with Gasteiger partial charge in [0.1, 0.15) is 0 Å². The van der Waals surface area contributed by atoms with Gasteiger partial charge in [-0.1, -0.05) is 18.2 Å². The van der Waals surface area contributed by atoms with Gasteiger partial charge in [0.2, 0.25) is 11.8 Å². The molecule has 0 saturated heterocycles. The number of rotatable bonds is 14. The molecule has 1 aliphatic carbocycles. The summed E-state index contributed by atoms with van der Waals surface area (Å²) in [6.45, 7) is 3.37. The number of nitrogens with two attached hydrogens (primary N) is 2. The SMILES string of the molecule is COCCOCCOCCOCCC1(C(N)=O)C=Cc2cc(C(N)=O)ccc2C1. The predicted octanol–water partition coefficient (Wildman–Crippen LogP) is 0.913. The number of primary amides is 2. The van der Waals surface area contributed by atoms with Crippen molar-refractivity contribution in [3.8, 4) is 0 Å². The Kier molecular flexibility index (Phi) is 9.27. The van der Waals surface area contributed by atoms with Gasteiger partial charge in [0, 0.05) is 19.3 Å². The van der Waals surface area contributed by atoms with Crippen molar-refractivity contribution < 1.29 is 28.5 Å². The van der Waals surface area contributed by atoms with E-state index in [1.54, 1.807) is 25.3 Å². The predicted molar refractivity (Wildman–Crippen MR) is 108 cm³/mol. The molecule has 4 N–H and O–H groups in total. The molecule has 0 bridgehead atoms. The highest BCUT2D eigenvalue weighted by Gasteiger charge is 2.36. The lowest BCUT2D eigenvalue weighted by molar-refractivity contribution is -0.126. The molecule has 2 amide bonds. The van der Waals surface area contributed by atoms with Crippen molar-refractivity contribution in [2.75, 3.05) is 53.4 Å². The van der Waals surface area contributed by atoms with Crippen molar-refractivity contribution in [1.82, 2.24) is 0 Å². The molecule has 0 aromatic heterocycles. The summed E-state index contributed by atoms with van der Waals surface area (Å²) in [6.07, 6.45) is 4.56. The minimum absolute atomic E-state index is 0.385. The summed E-state index contributed by atoms with van der Waals surface area (Å²) >= 11 is 0. The number of hydrogen-bond acceptors (Lipinski definition) is 6. The maximum absolute atomic E-state index is 12.2. The standard InChI is InChI=1S/C21H30N2O6/c1-26-8-9-28-12-13-29-11-10-27-7-6-21(20(23)25)5-4-16-14-17(19(22)24)2-3-18(16)15-21/h2-5,14H,6-13,15H2,1H3,(H2,22,24)(H2,23,25). The molecule has 1 atom stereocenters. The second-order valence-electron chi connectivity index (χ2n) is 6.89. The van der Waals surface area contributed by atoms with E-state index in [4.69, 9.17) is 30.4 Å². The van der Waals surface area contributed by atoms with Crippen molar-refractivity contribution in [2.45, 2.75) is 12.8 Å². The van der Waals surface area contributed by atoms with E-state index >= 15 is 0 Å². The number of carbonyl (C=O) groups is 2. The van der Waals surface area contributed by atoms with E-state index in [2.05, 4.69) is 0 Å². The molecule has 0 heterocycles. The first-order valence-corrected chi connectivity index (χ1v) is 9.62. The molecule has 1 aromatic rings. The van der Waals surface area contributed by atoms with E-state index in [0.717, 1.165) is 11.1 Å². The van der Waals surface area contributed by atoms with Crippen LogP contribution in [0, 0.1) is 5.41 Å². The molecule has 1 aliphatic rings. The summed E-state index contributed by atoms with van der Waals surface area (Å²) < 4.78 is 21.2. The molecule has 8 heteroatoms. The van der Waals surface area contributed by atoms with Gasteiger partial charge in [-0.3, -0.25) is 9.59 Å². The van der Waals surface area contributed by atoms with E-state index in [9.17, 15) is 9.59 Å². The van der Waals surface area contributed by atoms with E-state index in [-0.39, 0.29) is 0 Å². The second-order valence-corrected chi connectivity index (χ2v) is 6.89. The highest BCUT2D eigenvalue weighted by atomic mass is 16.6. The van der Waals surface area contributed by atoms with Gasteiger partial charge in [0.25, 0.3) is 0 Å². The lowest BCUT2D eigenvalue weighted by atomic mass is 9.73. The molecule has 1 aromatic carbocycles. The minimum atomic E-state index is -0.808. The maximum Gasteiger partial charge on any atom is 0.248 e. The van der Waals surface area contributed by atoms with Crippen LogP contribution in [0.3, 0.4) is 0 Å². The first kappa shape index (κ1) is 23.0. The van der Waals surface area contributed by atoms with E-state index in [0.29, 0.717) is 64.7 Å². The quantitative estimate of drug-likeness (QED) is 0.443. The van der Waals surface area contributed by atoms with Crippen LogP contribution in [0.1, 0.15) is 27.9 Å².